The Hall–Kier alpha value is -3.48. The molecule has 0 bridgehead atoms. The third-order valence-electron chi connectivity index (χ3n) is 4.88. The summed E-state index contributed by atoms with van der Waals surface area (Å²) >= 11 is 0. The number of piperazine rings is 1. The van der Waals surface area contributed by atoms with Crippen molar-refractivity contribution in [2.24, 2.45) is 0 Å². The van der Waals surface area contributed by atoms with Crippen LogP contribution in [0.5, 0.6) is 0 Å². The van der Waals surface area contributed by atoms with Gasteiger partial charge in [0.25, 0.3) is 5.91 Å². The number of carbonyl (C=O) groups excluding carboxylic acids is 3. The fraction of sp³-hybridized carbons (Fsp3) is 0.261. The zero-order valence-corrected chi connectivity index (χ0v) is 16.7. The largest absolute Gasteiger partial charge is 0.452 e. The molecule has 0 N–H and O–H groups in total. The summed E-state index contributed by atoms with van der Waals surface area (Å²) in [6.07, 6.45) is 2.91. The highest BCUT2D eigenvalue weighted by Crippen LogP contribution is 2.22. The number of nitrogens with zero attached hydrogens (tertiary/aromatic N) is 2. The monoisotopic (exact) mass is 410 g/mol. The van der Waals surface area contributed by atoms with Crippen molar-refractivity contribution in [2.75, 3.05) is 37.7 Å². The Bertz CT molecular complexity index is 951. The zero-order chi connectivity index (χ0) is 21.5. The molecule has 6 nitrogen and oxygen atoms in total. The molecule has 156 valence electrons. The number of anilines is 1. The van der Waals surface area contributed by atoms with Gasteiger partial charge in [-0.2, -0.15) is 0 Å². The molecule has 2 aromatic rings. The summed E-state index contributed by atoms with van der Waals surface area (Å²) < 4.78 is 19.3. The molecule has 0 saturated carbocycles. The Balaban J connectivity index is 1.46. The maximum absolute atomic E-state index is 14.3. The predicted molar refractivity (Wildman–Crippen MR) is 112 cm³/mol. The number of benzene rings is 2. The van der Waals surface area contributed by atoms with E-state index in [4.69, 9.17) is 4.74 Å². The van der Waals surface area contributed by atoms with Crippen molar-refractivity contribution in [1.29, 1.82) is 0 Å². The fourth-order valence-corrected chi connectivity index (χ4v) is 3.18. The minimum absolute atomic E-state index is 0.191. The van der Waals surface area contributed by atoms with Crippen molar-refractivity contribution in [3.63, 3.8) is 0 Å². The Labute approximate surface area is 174 Å². The molecule has 30 heavy (non-hydrogen) atoms. The van der Waals surface area contributed by atoms with Gasteiger partial charge in [0, 0.05) is 37.8 Å². The van der Waals surface area contributed by atoms with E-state index < -0.39 is 11.8 Å². The minimum Gasteiger partial charge on any atom is -0.452 e. The average molecular weight is 410 g/mol. The van der Waals surface area contributed by atoms with E-state index in [0.29, 0.717) is 37.4 Å². The lowest BCUT2D eigenvalue weighted by molar-refractivity contribution is -0.148. The summed E-state index contributed by atoms with van der Waals surface area (Å²) in [5, 5.41) is 0. The van der Waals surface area contributed by atoms with Gasteiger partial charge in [-0.3, -0.25) is 9.59 Å². The Morgan fingerprint density at radius 1 is 1.03 bits per heavy atom. The first-order valence-electron chi connectivity index (χ1n) is 9.67. The maximum Gasteiger partial charge on any atom is 0.331 e. The van der Waals surface area contributed by atoms with E-state index in [-0.39, 0.29) is 18.3 Å². The number of hydrogen-bond acceptors (Lipinski definition) is 5. The predicted octanol–water partition coefficient (Wildman–Crippen LogP) is 2.93. The number of halogens is 1. The molecule has 0 radical (unpaired) electrons. The SMILES string of the molecule is CC(=O)c1ccc(N2CCN(C(=O)COC(=O)/C=C/c3ccccc3)CC2)c(F)c1. The highest BCUT2D eigenvalue weighted by Gasteiger charge is 2.23. The van der Waals surface area contributed by atoms with E-state index in [1.165, 1.54) is 19.1 Å². The first kappa shape index (κ1) is 21.2. The van der Waals surface area contributed by atoms with Crippen LogP contribution >= 0.6 is 0 Å². The van der Waals surface area contributed by atoms with Gasteiger partial charge in [0.05, 0.1) is 5.69 Å². The molecule has 1 aliphatic heterocycles. The summed E-state index contributed by atoms with van der Waals surface area (Å²) in [6.45, 7) is 2.74. The number of rotatable bonds is 6. The van der Waals surface area contributed by atoms with E-state index in [2.05, 4.69) is 0 Å². The first-order chi connectivity index (χ1) is 14.4. The summed E-state index contributed by atoms with van der Waals surface area (Å²) in [7, 11) is 0. The number of carbonyl (C=O) groups is 3. The lowest BCUT2D eigenvalue weighted by Gasteiger charge is -2.36. The van der Waals surface area contributed by atoms with Crippen molar-refractivity contribution < 1.29 is 23.5 Å². The molecule has 0 atom stereocenters. The molecule has 3 rings (SSSR count). The van der Waals surface area contributed by atoms with Crippen molar-refractivity contribution in [2.45, 2.75) is 6.92 Å². The van der Waals surface area contributed by atoms with Gasteiger partial charge in [0.1, 0.15) is 5.82 Å². The second-order valence-corrected chi connectivity index (χ2v) is 6.94. The van der Waals surface area contributed by atoms with Crippen LogP contribution in [0.1, 0.15) is 22.8 Å². The van der Waals surface area contributed by atoms with Crippen LogP contribution in [0.3, 0.4) is 0 Å². The number of Topliss-reactive ketones (excluding diaryl/α,β-unsaturated/α-hetero) is 1. The van der Waals surface area contributed by atoms with E-state index in [0.717, 1.165) is 5.56 Å². The molecule has 0 aliphatic carbocycles. The molecule has 2 aromatic carbocycles. The maximum atomic E-state index is 14.3. The van der Waals surface area contributed by atoms with E-state index in [1.807, 2.05) is 35.2 Å². The molecule has 1 amide bonds. The van der Waals surface area contributed by atoms with Gasteiger partial charge in [0.15, 0.2) is 12.4 Å². The molecule has 1 aliphatic rings. The van der Waals surface area contributed by atoms with Crippen molar-refractivity contribution >= 4 is 29.4 Å². The van der Waals surface area contributed by atoms with Gasteiger partial charge in [-0.25, -0.2) is 9.18 Å². The summed E-state index contributed by atoms with van der Waals surface area (Å²) in [5.74, 6) is -1.52. The van der Waals surface area contributed by atoms with Gasteiger partial charge in [-0.05, 0) is 36.8 Å². The van der Waals surface area contributed by atoms with Gasteiger partial charge in [-0.15, -0.1) is 0 Å². The van der Waals surface area contributed by atoms with Gasteiger partial charge >= 0.3 is 5.97 Å². The normalized spacial score (nSPS) is 14.1. The molecule has 0 aromatic heterocycles. The van der Waals surface area contributed by atoms with E-state index in [9.17, 15) is 18.8 Å². The molecule has 1 heterocycles. The van der Waals surface area contributed by atoms with Gasteiger partial charge < -0.3 is 14.5 Å². The quantitative estimate of drug-likeness (QED) is 0.416. The number of ketones is 1. The smallest absolute Gasteiger partial charge is 0.331 e. The molecule has 7 heteroatoms. The van der Waals surface area contributed by atoms with Gasteiger partial charge in [-0.1, -0.05) is 30.3 Å². The van der Waals surface area contributed by atoms with Crippen LogP contribution in [0.25, 0.3) is 6.08 Å². The van der Waals surface area contributed by atoms with E-state index in [1.54, 1.807) is 23.1 Å². The van der Waals surface area contributed by atoms with Crippen LogP contribution in [0, 0.1) is 5.82 Å². The Morgan fingerprint density at radius 3 is 2.37 bits per heavy atom. The van der Waals surface area contributed by atoms with Crippen LogP contribution in [0.4, 0.5) is 10.1 Å². The van der Waals surface area contributed by atoms with Crippen LogP contribution in [-0.4, -0.2) is 55.3 Å². The molecule has 0 spiro atoms. The second kappa shape index (κ2) is 9.82. The molecule has 1 saturated heterocycles. The second-order valence-electron chi connectivity index (χ2n) is 6.94. The third kappa shape index (κ3) is 5.53. The molecular formula is C23H23FN2O4. The highest BCUT2D eigenvalue weighted by atomic mass is 19.1. The van der Waals surface area contributed by atoms with Crippen LogP contribution in [-0.2, 0) is 14.3 Å². The number of hydrogen-bond donors (Lipinski definition) is 0. The Kier molecular flexibility index (Phi) is 6.95. The topological polar surface area (TPSA) is 66.9 Å². The summed E-state index contributed by atoms with van der Waals surface area (Å²) in [5.41, 5.74) is 1.60. The van der Waals surface area contributed by atoms with Crippen molar-refractivity contribution in [3.05, 3.63) is 71.6 Å². The van der Waals surface area contributed by atoms with Crippen molar-refractivity contribution in [1.82, 2.24) is 4.90 Å². The summed E-state index contributed by atoms with van der Waals surface area (Å²) in [4.78, 5) is 38.9. The lowest BCUT2D eigenvalue weighted by atomic mass is 10.1. The first-order valence-corrected chi connectivity index (χ1v) is 9.67. The van der Waals surface area contributed by atoms with Crippen molar-refractivity contribution in [3.8, 4) is 0 Å². The minimum atomic E-state index is -0.585. The van der Waals surface area contributed by atoms with Crippen LogP contribution < -0.4 is 4.90 Å². The molecule has 1 fully saturated rings. The third-order valence-corrected chi connectivity index (χ3v) is 4.88. The van der Waals surface area contributed by atoms with E-state index >= 15 is 0 Å². The fourth-order valence-electron chi connectivity index (χ4n) is 3.18. The van der Waals surface area contributed by atoms with Crippen LogP contribution in [0.15, 0.2) is 54.6 Å². The molecular weight excluding hydrogens is 387 g/mol. The van der Waals surface area contributed by atoms with Crippen LogP contribution in [0.2, 0.25) is 0 Å². The summed E-state index contributed by atoms with van der Waals surface area (Å²) in [6, 6.07) is 13.7. The van der Waals surface area contributed by atoms with Gasteiger partial charge in [0.2, 0.25) is 0 Å². The lowest BCUT2D eigenvalue weighted by Crippen LogP contribution is -2.50. The highest BCUT2D eigenvalue weighted by molar-refractivity contribution is 5.94. The number of esters is 1. The Morgan fingerprint density at radius 2 is 1.73 bits per heavy atom. The average Bonchev–Trinajstić information content (AvgIpc) is 2.76. The number of ether oxygens (including phenoxy) is 1. The molecule has 0 unspecified atom stereocenters. The number of amides is 1. The standard InChI is InChI=1S/C23H23FN2O4/c1-17(27)19-8-9-21(20(24)15-19)25-11-13-26(14-12-25)22(28)16-30-23(29)10-7-18-5-3-2-4-6-18/h2-10,15H,11-14,16H2,1H3/b10-7+. The zero-order valence-electron chi connectivity index (χ0n) is 16.7.